The van der Waals surface area contributed by atoms with Gasteiger partial charge in [0.15, 0.2) is 0 Å². The van der Waals surface area contributed by atoms with Gasteiger partial charge in [-0.15, -0.1) is 0 Å². The fourth-order valence-corrected chi connectivity index (χ4v) is 3.44. The molecule has 200 valence electrons. The Morgan fingerprint density at radius 3 is 2.49 bits per heavy atom. The minimum absolute atomic E-state index is 0.101. The second-order valence-electron chi connectivity index (χ2n) is 8.53. The molecule has 1 aliphatic rings. The van der Waals surface area contributed by atoms with Crippen LogP contribution in [0.1, 0.15) is 49.3 Å². The summed E-state index contributed by atoms with van der Waals surface area (Å²) in [4.78, 5) is 30.2. The number of fused-ring (bicyclic) bond motifs is 1. The molecule has 2 aromatic rings. The number of halogens is 3. The van der Waals surface area contributed by atoms with Crippen LogP contribution in [-0.2, 0) is 11.3 Å². The molecule has 3 rings (SSSR count). The van der Waals surface area contributed by atoms with Crippen molar-refractivity contribution in [3.8, 4) is 0 Å². The molecule has 0 aliphatic carbocycles. The van der Waals surface area contributed by atoms with Gasteiger partial charge < -0.3 is 32.1 Å². The van der Waals surface area contributed by atoms with E-state index < -0.39 is 30.6 Å². The lowest BCUT2D eigenvalue weighted by Crippen LogP contribution is -2.47. The van der Waals surface area contributed by atoms with Crippen molar-refractivity contribution in [2.24, 2.45) is 5.10 Å². The first kappa shape index (κ1) is 29.1. The van der Waals surface area contributed by atoms with Crippen molar-refractivity contribution in [1.29, 1.82) is 5.41 Å². The Hall–Kier alpha value is -4.16. The quantitative estimate of drug-likeness (QED) is 0.279. The molecule has 0 radical (unpaired) electrons. The Morgan fingerprint density at radius 1 is 1.30 bits per heavy atom. The highest BCUT2D eigenvalue weighted by Crippen LogP contribution is 2.31. The molecule has 0 spiro atoms. The van der Waals surface area contributed by atoms with Gasteiger partial charge in [0.1, 0.15) is 18.3 Å². The summed E-state index contributed by atoms with van der Waals surface area (Å²) in [5.74, 6) is -1.36. The molecule has 1 aromatic carbocycles. The molecule has 0 fully saturated rings. The first-order valence-corrected chi connectivity index (χ1v) is 11.3. The van der Waals surface area contributed by atoms with E-state index in [1.54, 1.807) is 38.2 Å². The summed E-state index contributed by atoms with van der Waals surface area (Å²) in [7, 11) is 1.78. The van der Waals surface area contributed by atoms with Crippen molar-refractivity contribution in [2.45, 2.75) is 46.5 Å². The SMILES string of the molecule is CC(=N)c1ncc(Nc2cccc3c2C(=O)N(CC(=O)NC(C)C(F)(F)F)C3)cc1N.CNN=C(C)C. The number of nitrogens with zero attached hydrogens (tertiary/aromatic N) is 3. The third-order valence-corrected chi connectivity index (χ3v) is 5.10. The van der Waals surface area contributed by atoms with Crippen LogP contribution in [0.2, 0.25) is 0 Å². The number of anilines is 3. The normalized spacial score (nSPS) is 13.1. The lowest BCUT2D eigenvalue weighted by molar-refractivity contribution is -0.158. The van der Waals surface area contributed by atoms with Crippen LogP contribution in [0, 0.1) is 5.41 Å². The molecular formula is C24H31F3N8O2. The number of amides is 2. The zero-order valence-corrected chi connectivity index (χ0v) is 21.2. The predicted molar refractivity (Wildman–Crippen MR) is 137 cm³/mol. The minimum Gasteiger partial charge on any atom is -0.397 e. The Balaban J connectivity index is 0.000000717. The lowest BCUT2D eigenvalue weighted by atomic mass is 10.1. The number of nitrogen functional groups attached to an aromatic ring is 1. The number of nitrogens with two attached hydrogens (primary N) is 1. The number of pyridine rings is 1. The fraction of sp³-hybridized carbons (Fsp3) is 0.375. The van der Waals surface area contributed by atoms with Crippen LogP contribution in [-0.4, -0.2) is 58.9 Å². The summed E-state index contributed by atoms with van der Waals surface area (Å²) in [6, 6.07) is 4.67. The van der Waals surface area contributed by atoms with Gasteiger partial charge in [0.25, 0.3) is 5.91 Å². The Kier molecular flexibility index (Phi) is 9.58. The number of aromatic nitrogens is 1. The van der Waals surface area contributed by atoms with Crippen LogP contribution < -0.4 is 21.8 Å². The van der Waals surface area contributed by atoms with Crippen molar-refractivity contribution in [3.63, 3.8) is 0 Å². The van der Waals surface area contributed by atoms with Gasteiger partial charge in [-0.2, -0.15) is 18.3 Å². The number of hydrazone groups is 1. The van der Waals surface area contributed by atoms with Crippen LogP contribution in [0.3, 0.4) is 0 Å². The van der Waals surface area contributed by atoms with Gasteiger partial charge in [0.05, 0.1) is 34.5 Å². The first-order chi connectivity index (χ1) is 17.2. The molecule has 0 saturated heterocycles. The van der Waals surface area contributed by atoms with Gasteiger partial charge in [-0.05, 0) is 45.4 Å². The van der Waals surface area contributed by atoms with Crippen molar-refractivity contribution in [1.82, 2.24) is 20.6 Å². The molecule has 1 aliphatic heterocycles. The summed E-state index contributed by atoms with van der Waals surface area (Å²) in [5, 5.41) is 16.3. The van der Waals surface area contributed by atoms with E-state index in [-0.39, 0.29) is 12.3 Å². The van der Waals surface area contributed by atoms with Crippen molar-refractivity contribution < 1.29 is 22.8 Å². The smallest absolute Gasteiger partial charge is 0.397 e. The average Bonchev–Trinajstić information content (AvgIpc) is 3.09. The van der Waals surface area contributed by atoms with E-state index in [9.17, 15) is 22.8 Å². The van der Waals surface area contributed by atoms with Gasteiger partial charge >= 0.3 is 6.18 Å². The number of alkyl halides is 3. The summed E-state index contributed by atoms with van der Waals surface area (Å²) in [6.07, 6.45) is -3.08. The number of carbonyl (C=O) groups is 2. The first-order valence-electron chi connectivity index (χ1n) is 11.3. The van der Waals surface area contributed by atoms with Gasteiger partial charge in [0, 0.05) is 19.3 Å². The monoisotopic (exact) mass is 520 g/mol. The largest absolute Gasteiger partial charge is 0.408 e. The Labute approximate surface area is 213 Å². The molecule has 0 saturated carbocycles. The molecule has 13 heteroatoms. The molecule has 0 bridgehead atoms. The van der Waals surface area contributed by atoms with Crippen LogP contribution in [0.25, 0.3) is 0 Å². The number of nitrogens with one attached hydrogen (secondary N) is 4. The zero-order chi connectivity index (χ0) is 27.9. The van der Waals surface area contributed by atoms with Crippen LogP contribution >= 0.6 is 0 Å². The van der Waals surface area contributed by atoms with Crippen molar-refractivity contribution >= 4 is 40.3 Å². The average molecular weight is 521 g/mol. The van der Waals surface area contributed by atoms with Gasteiger partial charge in [-0.25, -0.2) is 0 Å². The van der Waals surface area contributed by atoms with E-state index >= 15 is 0 Å². The Bertz CT molecular complexity index is 1190. The second kappa shape index (κ2) is 12.2. The molecule has 2 amide bonds. The summed E-state index contributed by atoms with van der Waals surface area (Å²) >= 11 is 0. The molecule has 37 heavy (non-hydrogen) atoms. The molecule has 1 unspecified atom stereocenters. The van der Waals surface area contributed by atoms with Crippen molar-refractivity contribution in [2.75, 3.05) is 24.6 Å². The van der Waals surface area contributed by atoms with E-state index in [4.69, 9.17) is 11.1 Å². The number of hydrogen-bond donors (Lipinski definition) is 5. The highest BCUT2D eigenvalue weighted by molar-refractivity contribution is 6.05. The van der Waals surface area contributed by atoms with Crippen LogP contribution in [0.5, 0.6) is 0 Å². The number of carbonyl (C=O) groups excluding carboxylic acids is 2. The summed E-state index contributed by atoms with van der Waals surface area (Å²) in [5.41, 5.74) is 12.4. The standard InChI is InChI=1S/C20H21F3N6O2.C4H10N2/c1-10(24)18-14(25)6-13(7-26-18)28-15-5-3-4-12-8-29(19(31)17(12)15)9-16(30)27-11(2)20(21,22)23;1-4(2)6-5-3/h3-7,11,24,28H,8-9,25H2,1-2H3,(H,27,30);5H,1-3H3. The molecule has 1 aromatic heterocycles. The summed E-state index contributed by atoms with van der Waals surface area (Å²) < 4.78 is 37.9. The van der Waals surface area contributed by atoms with Crippen LogP contribution in [0.15, 0.2) is 35.6 Å². The maximum absolute atomic E-state index is 12.9. The number of benzene rings is 1. The van der Waals surface area contributed by atoms with E-state index in [2.05, 4.69) is 20.8 Å². The van der Waals surface area contributed by atoms with Crippen LogP contribution in [0.4, 0.5) is 30.2 Å². The molecule has 6 N–H and O–H groups in total. The topological polar surface area (TPSA) is 149 Å². The number of hydrogen-bond acceptors (Lipinski definition) is 8. The predicted octanol–water partition coefficient (Wildman–Crippen LogP) is 3.42. The lowest BCUT2D eigenvalue weighted by Gasteiger charge is -2.20. The summed E-state index contributed by atoms with van der Waals surface area (Å²) in [6.45, 7) is 5.90. The number of rotatable bonds is 7. The van der Waals surface area contributed by atoms with E-state index in [1.165, 1.54) is 11.1 Å². The van der Waals surface area contributed by atoms with Gasteiger partial charge in [0.2, 0.25) is 5.91 Å². The molecule has 2 heterocycles. The van der Waals surface area contributed by atoms with Gasteiger partial charge in [-0.1, -0.05) is 12.1 Å². The van der Waals surface area contributed by atoms with E-state index in [0.29, 0.717) is 33.9 Å². The molecule has 10 nitrogen and oxygen atoms in total. The Morgan fingerprint density at radius 2 is 1.97 bits per heavy atom. The molecule has 1 atom stereocenters. The fourth-order valence-electron chi connectivity index (χ4n) is 3.44. The highest BCUT2D eigenvalue weighted by Gasteiger charge is 2.38. The van der Waals surface area contributed by atoms with E-state index in [0.717, 1.165) is 12.6 Å². The third kappa shape index (κ3) is 7.92. The third-order valence-electron chi connectivity index (χ3n) is 5.10. The minimum atomic E-state index is -4.56. The van der Waals surface area contributed by atoms with Gasteiger partial charge in [-0.3, -0.25) is 14.6 Å². The maximum Gasteiger partial charge on any atom is 0.408 e. The second-order valence-corrected chi connectivity index (χ2v) is 8.53. The van der Waals surface area contributed by atoms with Crippen molar-refractivity contribution in [3.05, 3.63) is 47.3 Å². The zero-order valence-electron chi connectivity index (χ0n) is 21.2. The maximum atomic E-state index is 12.9. The molecular weight excluding hydrogens is 489 g/mol. The van der Waals surface area contributed by atoms with E-state index in [1.807, 2.05) is 19.2 Å². The highest BCUT2D eigenvalue weighted by atomic mass is 19.4.